The fourth-order valence-electron chi connectivity index (χ4n) is 2.21. The maximum Gasteiger partial charge on any atom is 0.0408 e. The summed E-state index contributed by atoms with van der Waals surface area (Å²) in [6.07, 6.45) is 2.31. The largest absolute Gasteiger partial charge is 0.314 e. The zero-order valence-corrected chi connectivity index (χ0v) is 10.5. The van der Waals surface area contributed by atoms with Crippen LogP contribution in [0.1, 0.15) is 12.0 Å². The summed E-state index contributed by atoms with van der Waals surface area (Å²) >= 11 is 5.97. The van der Waals surface area contributed by atoms with Gasteiger partial charge in [-0.1, -0.05) is 23.7 Å². The van der Waals surface area contributed by atoms with Gasteiger partial charge in [0.25, 0.3) is 0 Å². The molecule has 1 saturated heterocycles. The Morgan fingerprint density at radius 3 is 3.12 bits per heavy atom. The Labute approximate surface area is 103 Å². The standard InChI is InChI=1S/C13H19ClN2/c1-16-8-7-15-10-13(16)6-5-11-3-2-4-12(14)9-11/h2-4,9,13,15H,5-8,10H2,1H3. The van der Waals surface area contributed by atoms with E-state index in [9.17, 15) is 0 Å². The molecule has 1 aromatic carbocycles. The maximum atomic E-state index is 5.97. The summed E-state index contributed by atoms with van der Waals surface area (Å²) in [5, 5.41) is 4.29. The van der Waals surface area contributed by atoms with Gasteiger partial charge in [-0.3, -0.25) is 0 Å². The SMILES string of the molecule is CN1CCNCC1CCc1cccc(Cl)c1. The molecule has 1 heterocycles. The highest BCUT2D eigenvalue weighted by Crippen LogP contribution is 2.14. The minimum Gasteiger partial charge on any atom is -0.314 e. The summed E-state index contributed by atoms with van der Waals surface area (Å²) in [4.78, 5) is 2.45. The van der Waals surface area contributed by atoms with Crippen molar-refractivity contribution in [2.24, 2.45) is 0 Å². The Morgan fingerprint density at radius 2 is 2.38 bits per heavy atom. The lowest BCUT2D eigenvalue weighted by Crippen LogP contribution is -2.49. The Bertz CT molecular complexity index is 340. The molecule has 3 heteroatoms. The topological polar surface area (TPSA) is 15.3 Å². The van der Waals surface area contributed by atoms with Gasteiger partial charge in [0, 0.05) is 30.7 Å². The van der Waals surface area contributed by atoms with Crippen LogP contribution in [0.25, 0.3) is 0 Å². The average molecular weight is 239 g/mol. The predicted octanol–water partition coefficient (Wildman–Crippen LogP) is 2.18. The third kappa shape index (κ3) is 3.21. The molecule has 2 nitrogen and oxygen atoms in total. The fourth-order valence-corrected chi connectivity index (χ4v) is 2.42. The second kappa shape index (κ2) is 5.67. The van der Waals surface area contributed by atoms with Gasteiger partial charge < -0.3 is 10.2 Å². The summed E-state index contributed by atoms with van der Waals surface area (Å²) < 4.78 is 0. The Morgan fingerprint density at radius 1 is 1.50 bits per heavy atom. The van der Waals surface area contributed by atoms with Crippen molar-refractivity contribution >= 4 is 11.6 Å². The molecular formula is C13H19ClN2. The number of piperazine rings is 1. The highest BCUT2D eigenvalue weighted by molar-refractivity contribution is 6.30. The molecular weight excluding hydrogens is 220 g/mol. The molecule has 0 saturated carbocycles. The van der Waals surface area contributed by atoms with Gasteiger partial charge in [0.15, 0.2) is 0 Å². The van der Waals surface area contributed by atoms with E-state index >= 15 is 0 Å². The first-order valence-electron chi connectivity index (χ1n) is 5.91. The maximum absolute atomic E-state index is 5.97. The summed E-state index contributed by atoms with van der Waals surface area (Å²) in [5.41, 5.74) is 1.34. The quantitative estimate of drug-likeness (QED) is 0.869. The van der Waals surface area contributed by atoms with Crippen LogP contribution in [0.15, 0.2) is 24.3 Å². The molecule has 1 aromatic rings. The Hall–Kier alpha value is -0.570. The van der Waals surface area contributed by atoms with Gasteiger partial charge in [-0.2, -0.15) is 0 Å². The van der Waals surface area contributed by atoms with Crippen LogP contribution in [0.2, 0.25) is 5.02 Å². The van der Waals surface area contributed by atoms with Crippen molar-refractivity contribution in [1.29, 1.82) is 0 Å². The second-order valence-corrected chi connectivity index (χ2v) is 4.94. The molecule has 1 aliphatic heterocycles. The van der Waals surface area contributed by atoms with Crippen molar-refractivity contribution in [2.45, 2.75) is 18.9 Å². The first-order chi connectivity index (χ1) is 7.75. The van der Waals surface area contributed by atoms with E-state index in [0.717, 1.165) is 31.1 Å². The molecule has 0 aromatic heterocycles. The average Bonchev–Trinajstić information content (AvgIpc) is 2.28. The molecule has 1 fully saturated rings. The second-order valence-electron chi connectivity index (χ2n) is 4.51. The first kappa shape index (κ1) is 11.9. The number of aryl methyl sites for hydroxylation is 1. The summed E-state index contributed by atoms with van der Waals surface area (Å²) in [6, 6.07) is 8.84. The Balaban J connectivity index is 1.86. The van der Waals surface area contributed by atoms with E-state index in [4.69, 9.17) is 11.6 Å². The fraction of sp³-hybridized carbons (Fsp3) is 0.538. The van der Waals surface area contributed by atoms with E-state index in [1.165, 1.54) is 12.0 Å². The van der Waals surface area contributed by atoms with Crippen LogP contribution in [-0.2, 0) is 6.42 Å². The van der Waals surface area contributed by atoms with Gasteiger partial charge >= 0.3 is 0 Å². The van der Waals surface area contributed by atoms with Crippen molar-refractivity contribution in [3.05, 3.63) is 34.9 Å². The van der Waals surface area contributed by atoms with Crippen LogP contribution in [0.4, 0.5) is 0 Å². The lowest BCUT2D eigenvalue weighted by molar-refractivity contribution is 0.191. The van der Waals surface area contributed by atoms with E-state index < -0.39 is 0 Å². The zero-order chi connectivity index (χ0) is 11.4. The highest BCUT2D eigenvalue weighted by Gasteiger charge is 2.17. The van der Waals surface area contributed by atoms with Gasteiger partial charge in [-0.25, -0.2) is 0 Å². The third-order valence-electron chi connectivity index (χ3n) is 3.30. The van der Waals surface area contributed by atoms with Crippen LogP contribution < -0.4 is 5.32 Å². The van der Waals surface area contributed by atoms with Crippen molar-refractivity contribution < 1.29 is 0 Å². The first-order valence-corrected chi connectivity index (χ1v) is 6.29. The number of benzene rings is 1. The van der Waals surface area contributed by atoms with Crippen LogP contribution in [0.3, 0.4) is 0 Å². The Kier molecular flexibility index (Phi) is 4.22. The van der Waals surface area contributed by atoms with E-state index in [1.54, 1.807) is 0 Å². The smallest absolute Gasteiger partial charge is 0.0408 e. The minimum absolute atomic E-state index is 0.660. The molecule has 0 aliphatic carbocycles. The zero-order valence-electron chi connectivity index (χ0n) is 9.75. The number of hydrogen-bond donors (Lipinski definition) is 1. The molecule has 0 spiro atoms. The van der Waals surface area contributed by atoms with Gasteiger partial charge in [-0.05, 0) is 37.6 Å². The van der Waals surface area contributed by atoms with Crippen molar-refractivity contribution in [1.82, 2.24) is 10.2 Å². The van der Waals surface area contributed by atoms with Crippen molar-refractivity contribution in [3.8, 4) is 0 Å². The van der Waals surface area contributed by atoms with Crippen LogP contribution in [0.5, 0.6) is 0 Å². The molecule has 0 radical (unpaired) electrons. The lowest BCUT2D eigenvalue weighted by Gasteiger charge is -2.33. The molecule has 1 atom stereocenters. The summed E-state index contributed by atoms with van der Waals surface area (Å²) in [5.74, 6) is 0. The molecule has 1 unspecified atom stereocenters. The third-order valence-corrected chi connectivity index (χ3v) is 3.53. The van der Waals surface area contributed by atoms with Gasteiger partial charge in [0.05, 0.1) is 0 Å². The normalized spacial score (nSPS) is 22.2. The predicted molar refractivity (Wildman–Crippen MR) is 69.1 cm³/mol. The highest BCUT2D eigenvalue weighted by atomic mass is 35.5. The number of halogens is 1. The van der Waals surface area contributed by atoms with Crippen molar-refractivity contribution in [2.75, 3.05) is 26.7 Å². The number of rotatable bonds is 3. The van der Waals surface area contributed by atoms with E-state index in [0.29, 0.717) is 6.04 Å². The van der Waals surface area contributed by atoms with Gasteiger partial charge in [0.2, 0.25) is 0 Å². The van der Waals surface area contributed by atoms with Crippen molar-refractivity contribution in [3.63, 3.8) is 0 Å². The summed E-state index contributed by atoms with van der Waals surface area (Å²) in [7, 11) is 2.21. The number of nitrogens with one attached hydrogen (secondary N) is 1. The van der Waals surface area contributed by atoms with E-state index in [-0.39, 0.29) is 0 Å². The monoisotopic (exact) mass is 238 g/mol. The summed E-state index contributed by atoms with van der Waals surface area (Å²) in [6.45, 7) is 3.38. The number of nitrogens with zero attached hydrogens (tertiary/aromatic N) is 1. The molecule has 88 valence electrons. The van der Waals surface area contributed by atoms with Crippen LogP contribution >= 0.6 is 11.6 Å². The van der Waals surface area contributed by atoms with Crippen LogP contribution in [-0.4, -0.2) is 37.6 Å². The van der Waals surface area contributed by atoms with E-state index in [1.807, 2.05) is 12.1 Å². The van der Waals surface area contributed by atoms with Crippen LogP contribution in [0, 0.1) is 0 Å². The molecule has 1 aliphatic rings. The molecule has 0 bridgehead atoms. The van der Waals surface area contributed by atoms with Gasteiger partial charge in [0.1, 0.15) is 0 Å². The lowest BCUT2D eigenvalue weighted by atomic mass is 10.0. The minimum atomic E-state index is 0.660. The molecule has 2 rings (SSSR count). The molecule has 16 heavy (non-hydrogen) atoms. The van der Waals surface area contributed by atoms with E-state index in [2.05, 4.69) is 29.4 Å². The molecule has 0 amide bonds. The molecule has 1 N–H and O–H groups in total. The van der Waals surface area contributed by atoms with Gasteiger partial charge in [-0.15, -0.1) is 0 Å². The number of likely N-dealkylation sites (N-methyl/N-ethyl adjacent to an activating group) is 1. The number of hydrogen-bond acceptors (Lipinski definition) is 2.